The predicted octanol–water partition coefficient (Wildman–Crippen LogP) is 8.00. The number of nitrogen functional groups attached to an aromatic ring is 1. The van der Waals surface area contributed by atoms with E-state index in [1.165, 1.54) is 76.2 Å². The van der Waals surface area contributed by atoms with Crippen molar-refractivity contribution in [3.05, 3.63) is 70.0 Å². The van der Waals surface area contributed by atoms with Crippen molar-refractivity contribution in [3.8, 4) is 22.9 Å². The number of nitrogens with two attached hydrogens (primary N) is 1. The first-order valence-electron chi connectivity index (χ1n) is 15.7. The van der Waals surface area contributed by atoms with Crippen LogP contribution in [0, 0.1) is 22.0 Å². The molecule has 10 nitrogen and oxygen atoms in total. The Labute approximate surface area is 262 Å². The van der Waals surface area contributed by atoms with Crippen LogP contribution >= 0.6 is 0 Å². The third-order valence-corrected chi connectivity index (χ3v) is 8.69. The van der Waals surface area contributed by atoms with E-state index in [0.29, 0.717) is 18.0 Å². The summed E-state index contributed by atoms with van der Waals surface area (Å²) in [7, 11) is 0. The highest BCUT2D eigenvalue weighted by Gasteiger charge is 2.30. The summed E-state index contributed by atoms with van der Waals surface area (Å²) in [6.45, 7) is 5.45. The molecule has 3 aromatic rings. The lowest BCUT2D eigenvalue weighted by Crippen LogP contribution is -2.28. The van der Waals surface area contributed by atoms with Crippen LogP contribution in [0.5, 0.6) is 11.6 Å². The molecule has 1 aliphatic carbocycles. The third-order valence-electron chi connectivity index (χ3n) is 8.69. The van der Waals surface area contributed by atoms with Gasteiger partial charge in [-0.25, -0.2) is 23.9 Å². The number of esters is 2. The number of hydrogen-bond donors (Lipinski definition) is 1. The lowest BCUT2D eigenvalue weighted by atomic mass is 9.77. The molecule has 0 bridgehead atoms. The van der Waals surface area contributed by atoms with Gasteiger partial charge in [-0.05, 0) is 49.0 Å². The van der Waals surface area contributed by atoms with Crippen molar-refractivity contribution >= 4 is 23.3 Å². The molecule has 1 saturated carbocycles. The van der Waals surface area contributed by atoms with Crippen molar-refractivity contribution in [3.63, 3.8) is 0 Å². The summed E-state index contributed by atoms with van der Waals surface area (Å²) in [5.74, 6) is -2.24. The molecule has 4 rings (SSSR count). The number of alkyl halides is 1. The largest absolute Gasteiger partial charge is 0.417 e. The van der Waals surface area contributed by atoms with E-state index in [1.807, 2.05) is 12.1 Å². The number of nitro benzene ring substituents is 1. The van der Waals surface area contributed by atoms with Gasteiger partial charge in [-0.3, -0.25) is 10.1 Å². The number of benzene rings is 2. The van der Waals surface area contributed by atoms with Gasteiger partial charge in [0.25, 0.3) is 0 Å². The first-order chi connectivity index (χ1) is 21.6. The molecule has 0 unspecified atom stereocenters. The van der Waals surface area contributed by atoms with Gasteiger partial charge in [-0.2, -0.15) is 0 Å². The minimum Gasteiger partial charge on any atom is -0.417 e. The van der Waals surface area contributed by atoms with Crippen LogP contribution in [0.4, 0.5) is 15.8 Å². The Morgan fingerprint density at radius 2 is 1.76 bits per heavy atom. The monoisotopic (exact) mass is 620 g/mol. The van der Waals surface area contributed by atoms with Crippen LogP contribution in [0.1, 0.15) is 100 Å². The van der Waals surface area contributed by atoms with Crippen molar-refractivity contribution in [2.24, 2.45) is 11.8 Å². The number of anilines is 1. The van der Waals surface area contributed by atoms with Crippen molar-refractivity contribution in [2.45, 2.75) is 90.6 Å². The maximum atomic E-state index is 14.3. The number of aromatic nitrogens is 2. The average molecular weight is 621 g/mol. The number of nitro groups is 1. The van der Waals surface area contributed by atoms with Crippen LogP contribution in [0.2, 0.25) is 0 Å². The second-order valence-electron chi connectivity index (χ2n) is 11.8. The lowest BCUT2D eigenvalue weighted by molar-refractivity contribution is -0.385. The lowest BCUT2D eigenvalue weighted by Gasteiger charge is -2.29. The van der Waals surface area contributed by atoms with E-state index in [4.69, 9.17) is 15.2 Å². The van der Waals surface area contributed by atoms with E-state index in [-0.39, 0.29) is 17.1 Å². The predicted molar refractivity (Wildman–Crippen MR) is 169 cm³/mol. The van der Waals surface area contributed by atoms with Crippen LogP contribution in [-0.4, -0.2) is 33.0 Å². The van der Waals surface area contributed by atoms with Crippen LogP contribution < -0.4 is 15.2 Å². The Hall–Kier alpha value is -4.41. The number of rotatable bonds is 13. The molecule has 1 aliphatic rings. The first kappa shape index (κ1) is 33.5. The molecule has 2 N–H and O–H groups in total. The van der Waals surface area contributed by atoms with Gasteiger partial charge in [0.15, 0.2) is 6.17 Å². The van der Waals surface area contributed by atoms with Crippen molar-refractivity contribution in [1.29, 1.82) is 0 Å². The quantitative estimate of drug-likeness (QED) is 0.0501. The Bertz CT molecular complexity index is 1470. The third kappa shape index (κ3) is 8.61. The Kier molecular flexibility index (Phi) is 11.6. The molecule has 11 heteroatoms. The molecule has 0 saturated heterocycles. The molecule has 0 amide bonds. The first-order valence-corrected chi connectivity index (χ1v) is 15.7. The number of ether oxygens (including phenoxy) is 2. The van der Waals surface area contributed by atoms with Crippen LogP contribution in [0.3, 0.4) is 0 Å². The smallest absolute Gasteiger partial charge is 0.347 e. The molecule has 240 valence electrons. The van der Waals surface area contributed by atoms with Gasteiger partial charge in [0.2, 0.25) is 11.6 Å². The van der Waals surface area contributed by atoms with Crippen molar-refractivity contribution < 1.29 is 28.4 Å². The molecule has 45 heavy (non-hydrogen) atoms. The van der Waals surface area contributed by atoms with E-state index in [9.17, 15) is 24.1 Å². The van der Waals surface area contributed by atoms with E-state index >= 15 is 0 Å². The molecule has 2 aromatic carbocycles. The SMILES string of the molecule is CCCCC[C@H]1CC[C@H](c2ccc(-c3cnc(OC(=O)c4cc([N+](=O)[O-])c(OC(=O)[C@@H](F)[C@@H](C)CC)cc4N)cn3)cc2)CC1. The number of unbranched alkanes of at least 4 members (excludes halogenated alkanes) is 2. The highest BCUT2D eigenvalue weighted by molar-refractivity contribution is 5.98. The fraction of sp³-hybridized carbons (Fsp3) is 0.471. The molecular weight excluding hydrogens is 579 g/mol. The summed E-state index contributed by atoms with van der Waals surface area (Å²) in [5.41, 5.74) is 7.36. The summed E-state index contributed by atoms with van der Waals surface area (Å²) in [6, 6.07) is 10.1. The van der Waals surface area contributed by atoms with Crippen LogP contribution in [-0.2, 0) is 4.79 Å². The molecule has 1 aromatic heterocycles. The van der Waals surface area contributed by atoms with Gasteiger partial charge in [0.05, 0.1) is 34.3 Å². The standard InChI is InChI=1S/C34H41FN4O6/c1-4-6-7-8-22-9-11-23(12-10-22)24-13-15-25(16-14-24)28-19-38-31(20-37-28)45-33(40)26-17-29(39(42)43)30(18-27(26)36)44-34(41)32(35)21(3)5-2/h13-23,32H,4-12,36H2,1-3H3/t21-,22-,23-,32-/m0/s1. The van der Waals surface area contributed by atoms with Gasteiger partial charge < -0.3 is 15.2 Å². The van der Waals surface area contributed by atoms with Crippen molar-refractivity contribution in [1.82, 2.24) is 9.97 Å². The Morgan fingerprint density at radius 3 is 2.36 bits per heavy atom. The summed E-state index contributed by atoms with van der Waals surface area (Å²) in [4.78, 5) is 44.3. The maximum Gasteiger partial charge on any atom is 0.347 e. The molecule has 0 spiro atoms. The van der Waals surface area contributed by atoms with Crippen LogP contribution in [0.15, 0.2) is 48.8 Å². The number of carbonyl (C=O) groups is 2. The Balaban J connectivity index is 1.38. The number of hydrogen-bond acceptors (Lipinski definition) is 9. The second-order valence-corrected chi connectivity index (χ2v) is 11.8. The summed E-state index contributed by atoms with van der Waals surface area (Å²) < 4.78 is 24.5. The van der Waals surface area contributed by atoms with E-state index in [0.717, 1.165) is 23.6 Å². The van der Waals surface area contributed by atoms with E-state index in [1.54, 1.807) is 6.92 Å². The highest BCUT2D eigenvalue weighted by Crippen LogP contribution is 2.38. The molecular formula is C34H41FN4O6. The summed E-state index contributed by atoms with van der Waals surface area (Å²) in [6.07, 6.45) is 11.4. The number of nitrogens with zero attached hydrogens (tertiary/aromatic N) is 3. The minimum atomic E-state index is -1.98. The number of carbonyl (C=O) groups excluding carboxylic acids is 2. The van der Waals surface area contributed by atoms with E-state index in [2.05, 4.69) is 29.0 Å². The average Bonchev–Trinajstić information content (AvgIpc) is 3.04. The van der Waals surface area contributed by atoms with Crippen LogP contribution in [0.25, 0.3) is 11.3 Å². The zero-order chi connectivity index (χ0) is 32.5. The van der Waals surface area contributed by atoms with Gasteiger partial charge in [-0.15, -0.1) is 0 Å². The normalized spacial score (nSPS) is 17.7. The van der Waals surface area contributed by atoms with Gasteiger partial charge in [-0.1, -0.05) is 77.1 Å². The summed E-state index contributed by atoms with van der Waals surface area (Å²) in [5, 5.41) is 11.7. The molecule has 2 atom stereocenters. The van der Waals surface area contributed by atoms with E-state index < -0.39 is 40.4 Å². The second kappa shape index (κ2) is 15.5. The topological polar surface area (TPSA) is 148 Å². The Morgan fingerprint density at radius 1 is 1.04 bits per heavy atom. The highest BCUT2D eigenvalue weighted by atomic mass is 19.1. The molecule has 1 fully saturated rings. The fourth-order valence-corrected chi connectivity index (χ4v) is 5.65. The molecule has 1 heterocycles. The van der Waals surface area contributed by atoms with Crippen molar-refractivity contribution in [2.75, 3.05) is 5.73 Å². The summed E-state index contributed by atoms with van der Waals surface area (Å²) >= 11 is 0. The fourth-order valence-electron chi connectivity index (χ4n) is 5.65. The zero-order valence-electron chi connectivity index (χ0n) is 26.0. The minimum absolute atomic E-state index is 0.137. The molecule has 0 aliphatic heterocycles. The maximum absolute atomic E-state index is 14.3. The van der Waals surface area contributed by atoms with Gasteiger partial charge in [0, 0.05) is 17.7 Å². The zero-order valence-corrected chi connectivity index (χ0v) is 26.0. The number of halogens is 1. The van der Waals surface area contributed by atoms with Gasteiger partial charge >= 0.3 is 17.6 Å². The van der Waals surface area contributed by atoms with Gasteiger partial charge in [0.1, 0.15) is 0 Å². The molecule has 0 radical (unpaired) electrons.